The number of halogens is 1. The number of hydrogen-bond donors (Lipinski definition) is 2. The second-order valence-corrected chi connectivity index (χ2v) is 8.69. The fraction of sp³-hybridized carbons (Fsp3) is 0.545. The van der Waals surface area contributed by atoms with Crippen molar-refractivity contribution in [1.82, 2.24) is 20.5 Å². The standard InChI is InChI=1S/C22H33N5OS.HI/c1-16-21(29-17(2)26-16)11-12-24-22(23-3)25-15-20(27-13-5-6-14-27)18-7-9-19(28-4)10-8-18;/h7-10,20H,5-6,11-15H2,1-4H3,(H2,23,24,25);1H. The zero-order chi connectivity index (χ0) is 20.6. The molecule has 0 bridgehead atoms. The van der Waals surface area contributed by atoms with Crippen LogP contribution in [0.15, 0.2) is 29.3 Å². The maximum Gasteiger partial charge on any atom is 0.191 e. The van der Waals surface area contributed by atoms with Gasteiger partial charge in [0.1, 0.15) is 5.75 Å². The third-order valence-corrected chi connectivity index (χ3v) is 6.55. The van der Waals surface area contributed by atoms with Gasteiger partial charge in [-0.15, -0.1) is 35.3 Å². The fourth-order valence-corrected chi connectivity index (χ4v) is 4.79. The maximum absolute atomic E-state index is 5.32. The number of guanidine groups is 1. The first-order chi connectivity index (χ1) is 14.1. The van der Waals surface area contributed by atoms with E-state index in [1.54, 1.807) is 18.4 Å². The third-order valence-electron chi connectivity index (χ3n) is 5.41. The van der Waals surface area contributed by atoms with Gasteiger partial charge in [0.15, 0.2) is 5.96 Å². The first-order valence-corrected chi connectivity index (χ1v) is 11.2. The SMILES string of the molecule is CN=C(NCCc1sc(C)nc1C)NCC(c1ccc(OC)cc1)N1CCCC1.I. The highest BCUT2D eigenvalue weighted by atomic mass is 127. The number of rotatable bonds is 8. The number of ether oxygens (including phenoxy) is 1. The Kier molecular flexibility index (Phi) is 10.3. The predicted molar refractivity (Wildman–Crippen MR) is 137 cm³/mol. The highest BCUT2D eigenvalue weighted by molar-refractivity contribution is 14.0. The smallest absolute Gasteiger partial charge is 0.191 e. The monoisotopic (exact) mass is 543 g/mol. The molecule has 3 rings (SSSR count). The van der Waals surface area contributed by atoms with Crippen LogP contribution in [0.5, 0.6) is 5.75 Å². The van der Waals surface area contributed by atoms with E-state index in [0.717, 1.165) is 55.0 Å². The van der Waals surface area contributed by atoms with Gasteiger partial charge < -0.3 is 15.4 Å². The van der Waals surface area contributed by atoms with Crippen LogP contribution < -0.4 is 15.4 Å². The molecule has 0 saturated carbocycles. The first-order valence-electron chi connectivity index (χ1n) is 10.4. The summed E-state index contributed by atoms with van der Waals surface area (Å²) in [6.07, 6.45) is 3.51. The lowest BCUT2D eigenvalue weighted by Gasteiger charge is -2.29. The number of methoxy groups -OCH3 is 1. The lowest BCUT2D eigenvalue weighted by Crippen LogP contribution is -2.43. The van der Waals surface area contributed by atoms with Crippen LogP contribution in [0.25, 0.3) is 0 Å². The molecule has 30 heavy (non-hydrogen) atoms. The molecule has 1 fully saturated rings. The number of aromatic nitrogens is 1. The van der Waals surface area contributed by atoms with Crippen LogP contribution in [0.3, 0.4) is 0 Å². The molecule has 166 valence electrons. The molecule has 1 saturated heterocycles. The minimum absolute atomic E-state index is 0. The zero-order valence-electron chi connectivity index (χ0n) is 18.4. The lowest BCUT2D eigenvalue weighted by molar-refractivity contribution is 0.245. The summed E-state index contributed by atoms with van der Waals surface area (Å²) in [5, 5.41) is 8.11. The van der Waals surface area contributed by atoms with Crippen molar-refractivity contribution in [1.29, 1.82) is 0 Å². The maximum atomic E-state index is 5.32. The highest BCUT2D eigenvalue weighted by Crippen LogP contribution is 2.26. The fourth-order valence-electron chi connectivity index (χ4n) is 3.85. The van der Waals surface area contributed by atoms with Gasteiger partial charge in [-0.25, -0.2) is 4.98 Å². The van der Waals surface area contributed by atoms with E-state index >= 15 is 0 Å². The van der Waals surface area contributed by atoms with Crippen molar-refractivity contribution >= 4 is 41.3 Å². The van der Waals surface area contributed by atoms with Crippen molar-refractivity contribution in [3.05, 3.63) is 45.4 Å². The van der Waals surface area contributed by atoms with Crippen LogP contribution in [0.2, 0.25) is 0 Å². The van der Waals surface area contributed by atoms with Crippen LogP contribution >= 0.6 is 35.3 Å². The Balaban J connectivity index is 0.00000320. The van der Waals surface area contributed by atoms with E-state index in [2.05, 4.69) is 51.5 Å². The molecule has 1 aromatic carbocycles. The molecule has 1 unspecified atom stereocenters. The summed E-state index contributed by atoms with van der Waals surface area (Å²) in [5.74, 6) is 1.74. The molecule has 1 aliphatic heterocycles. The summed E-state index contributed by atoms with van der Waals surface area (Å²) in [6, 6.07) is 8.77. The van der Waals surface area contributed by atoms with Crippen LogP contribution in [-0.2, 0) is 6.42 Å². The van der Waals surface area contributed by atoms with Crippen molar-refractivity contribution in [2.24, 2.45) is 4.99 Å². The van der Waals surface area contributed by atoms with Crippen molar-refractivity contribution in [3.63, 3.8) is 0 Å². The Bertz CT molecular complexity index is 802. The van der Waals surface area contributed by atoms with Crippen molar-refractivity contribution in [3.8, 4) is 5.75 Å². The van der Waals surface area contributed by atoms with Gasteiger partial charge in [0, 0.05) is 31.4 Å². The quantitative estimate of drug-likeness (QED) is 0.300. The van der Waals surface area contributed by atoms with Gasteiger partial charge in [-0.1, -0.05) is 12.1 Å². The molecule has 0 aliphatic carbocycles. The van der Waals surface area contributed by atoms with Gasteiger partial charge in [-0.2, -0.15) is 0 Å². The number of likely N-dealkylation sites (tertiary alicyclic amines) is 1. The number of hydrogen-bond acceptors (Lipinski definition) is 5. The molecule has 1 atom stereocenters. The molecule has 2 N–H and O–H groups in total. The third kappa shape index (κ3) is 6.81. The summed E-state index contributed by atoms with van der Waals surface area (Å²) < 4.78 is 5.32. The first kappa shape index (κ1) is 24.9. The van der Waals surface area contributed by atoms with Gasteiger partial charge in [-0.3, -0.25) is 9.89 Å². The average molecular weight is 544 g/mol. The number of nitrogens with one attached hydrogen (secondary N) is 2. The Morgan fingerprint density at radius 1 is 1.20 bits per heavy atom. The Hall–Kier alpha value is -1.39. The van der Waals surface area contributed by atoms with Gasteiger partial charge >= 0.3 is 0 Å². The average Bonchev–Trinajstić information content (AvgIpc) is 3.37. The summed E-state index contributed by atoms with van der Waals surface area (Å²) in [7, 11) is 3.54. The van der Waals surface area contributed by atoms with Crippen molar-refractivity contribution in [2.45, 2.75) is 39.2 Å². The van der Waals surface area contributed by atoms with Gasteiger partial charge in [0.25, 0.3) is 0 Å². The second kappa shape index (κ2) is 12.5. The van der Waals surface area contributed by atoms with E-state index < -0.39 is 0 Å². The minimum atomic E-state index is 0. The topological polar surface area (TPSA) is 61.8 Å². The minimum Gasteiger partial charge on any atom is -0.497 e. The summed E-state index contributed by atoms with van der Waals surface area (Å²) >= 11 is 1.78. The normalized spacial score (nSPS) is 15.5. The Morgan fingerprint density at radius 3 is 2.47 bits per heavy atom. The van der Waals surface area contributed by atoms with E-state index in [1.165, 1.54) is 23.3 Å². The van der Waals surface area contributed by atoms with Crippen LogP contribution in [-0.4, -0.2) is 56.2 Å². The Morgan fingerprint density at radius 2 is 1.90 bits per heavy atom. The molecule has 0 spiro atoms. The molecule has 2 aromatic rings. The van der Waals surface area contributed by atoms with Gasteiger partial charge in [0.05, 0.1) is 23.9 Å². The van der Waals surface area contributed by atoms with E-state index in [0.29, 0.717) is 6.04 Å². The van der Waals surface area contributed by atoms with Crippen LogP contribution in [0.1, 0.15) is 40.0 Å². The van der Waals surface area contributed by atoms with Crippen LogP contribution in [0, 0.1) is 13.8 Å². The largest absolute Gasteiger partial charge is 0.497 e. The molecule has 1 aliphatic rings. The molecule has 6 nitrogen and oxygen atoms in total. The highest BCUT2D eigenvalue weighted by Gasteiger charge is 2.23. The number of thiazole rings is 1. The molecule has 0 radical (unpaired) electrons. The lowest BCUT2D eigenvalue weighted by atomic mass is 10.1. The van der Waals surface area contributed by atoms with Gasteiger partial charge in [-0.05, 0) is 57.5 Å². The van der Waals surface area contributed by atoms with E-state index in [9.17, 15) is 0 Å². The molecule has 8 heteroatoms. The van der Waals surface area contributed by atoms with E-state index in [4.69, 9.17) is 4.74 Å². The van der Waals surface area contributed by atoms with E-state index in [1.807, 2.05) is 19.2 Å². The van der Waals surface area contributed by atoms with Crippen molar-refractivity contribution in [2.75, 3.05) is 40.3 Å². The molecule has 2 heterocycles. The van der Waals surface area contributed by atoms with Crippen LogP contribution in [0.4, 0.5) is 0 Å². The number of aryl methyl sites for hydroxylation is 2. The molecular weight excluding hydrogens is 509 g/mol. The number of nitrogens with zero attached hydrogens (tertiary/aromatic N) is 3. The second-order valence-electron chi connectivity index (χ2n) is 7.40. The summed E-state index contributed by atoms with van der Waals surface area (Å²) in [6.45, 7) is 8.11. The van der Waals surface area contributed by atoms with Gasteiger partial charge in [0.2, 0.25) is 0 Å². The predicted octanol–water partition coefficient (Wildman–Crippen LogP) is 3.93. The summed E-state index contributed by atoms with van der Waals surface area (Å²) in [5.41, 5.74) is 2.46. The zero-order valence-corrected chi connectivity index (χ0v) is 21.5. The molecule has 1 aromatic heterocycles. The Labute approximate surface area is 201 Å². The molecular formula is C22H34IN5OS. The number of benzene rings is 1. The van der Waals surface area contributed by atoms with E-state index in [-0.39, 0.29) is 24.0 Å². The molecule has 0 amide bonds. The van der Waals surface area contributed by atoms with Crippen molar-refractivity contribution < 1.29 is 4.74 Å². The number of aliphatic imine (C=N–C) groups is 1. The summed E-state index contributed by atoms with van der Waals surface area (Å²) in [4.78, 5) is 12.8.